The number of anilines is 2. The third-order valence-corrected chi connectivity index (χ3v) is 5.90. The van der Waals surface area contributed by atoms with Gasteiger partial charge in [-0.1, -0.05) is 0 Å². The third kappa shape index (κ3) is 4.19. The zero-order valence-corrected chi connectivity index (χ0v) is 19.6. The van der Waals surface area contributed by atoms with E-state index >= 15 is 0 Å². The fourth-order valence-corrected chi connectivity index (χ4v) is 3.97. The molecule has 0 bridgehead atoms. The number of benzene rings is 1. The minimum absolute atomic E-state index is 0.0129. The first kappa shape index (κ1) is 23.9. The van der Waals surface area contributed by atoms with Gasteiger partial charge in [-0.25, -0.2) is 10.4 Å². The summed E-state index contributed by atoms with van der Waals surface area (Å²) < 4.78 is 18.1. The van der Waals surface area contributed by atoms with Crippen molar-refractivity contribution in [2.75, 3.05) is 32.0 Å². The summed E-state index contributed by atoms with van der Waals surface area (Å²) in [5.74, 6) is 0.793. The number of nitrogens with two attached hydrogens (primary N) is 1. The number of nitrogens with zero attached hydrogens (tertiary/aromatic N) is 4. The Morgan fingerprint density at radius 1 is 1.29 bits per heavy atom. The van der Waals surface area contributed by atoms with Crippen molar-refractivity contribution >= 4 is 45.2 Å². The van der Waals surface area contributed by atoms with Gasteiger partial charge in [-0.05, 0) is 28.1 Å². The summed E-state index contributed by atoms with van der Waals surface area (Å²) in [6.07, 6.45) is -3.68. The topological polar surface area (TPSA) is 202 Å². The fraction of sp³-hybridized carbons (Fsp3) is 0.368. The highest BCUT2D eigenvalue weighted by Crippen LogP contribution is 2.34. The van der Waals surface area contributed by atoms with Gasteiger partial charge in [-0.2, -0.15) is 10.1 Å². The number of aliphatic hydroxyl groups is 3. The molecule has 15 heteroatoms. The summed E-state index contributed by atoms with van der Waals surface area (Å²) >= 11 is 3.43. The highest BCUT2D eigenvalue weighted by atomic mass is 79.9. The molecule has 3 heterocycles. The predicted octanol–water partition coefficient (Wildman–Crippen LogP) is -0.461. The van der Waals surface area contributed by atoms with Crippen molar-refractivity contribution in [3.05, 3.63) is 32.5 Å². The number of methoxy groups -OCH3 is 2. The van der Waals surface area contributed by atoms with Crippen LogP contribution in [0.5, 0.6) is 11.5 Å². The van der Waals surface area contributed by atoms with E-state index in [-0.39, 0.29) is 23.1 Å². The number of ether oxygens (including phenoxy) is 3. The molecule has 1 aliphatic rings. The predicted molar refractivity (Wildman–Crippen MR) is 124 cm³/mol. The number of fused-ring (bicyclic) bond motifs is 1. The van der Waals surface area contributed by atoms with E-state index in [2.05, 4.69) is 41.4 Å². The summed E-state index contributed by atoms with van der Waals surface area (Å²) in [5.41, 5.74) is 8.27. The monoisotopic (exact) mass is 539 g/mol. The van der Waals surface area contributed by atoms with E-state index in [1.165, 1.54) is 25.0 Å². The number of hydrazone groups is 1. The van der Waals surface area contributed by atoms with Crippen LogP contribution in [0.1, 0.15) is 11.8 Å². The Morgan fingerprint density at radius 2 is 2.00 bits per heavy atom. The lowest BCUT2D eigenvalue weighted by Gasteiger charge is -2.18. The van der Waals surface area contributed by atoms with Crippen molar-refractivity contribution < 1.29 is 29.5 Å². The fourth-order valence-electron chi connectivity index (χ4n) is 3.54. The maximum absolute atomic E-state index is 12.4. The number of H-pyrrole nitrogens is 1. The van der Waals surface area contributed by atoms with E-state index in [9.17, 15) is 20.1 Å². The average Bonchev–Trinajstić information content (AvgIpc) is 3.31. The molecule has 1 fully saturated rings. The van der Waals surface area contributed by atoms with Crippen LogP contribution >= 0.6 is 15.9 Å². The molecule has 3 aromatic rings. The Hall–Kier alpha value is -3.24. The van der Waals surface area contributed by atoms with Gasteiger partial charge in [0.05, 0.1) is 27.0 Å². The van der Waals surface area contributed by atoms with E-state index in [1.807, 2.05) is 0 Å². The molecular weight excluding hydrogens is 518 g/mol. The number of aromatic amines is 1. The van der Waals surface area contributed by atoms with Gasteiger partial charge in [0, 0.05) is 10.0 Å². The number of nitrogens with one attached hydrogen (secondary N) is 2. The number of nitrogen functional groups attached to an aromatic ring is 1. The first-order valence-electron chi connectivity index (χ1n) is 9.89. The van der Waals surface area contributed by atoms with Gasteiger partial charge < -0.3 is 35.3 Å². The van der Waals surface area contributed by atoms with Crippen molar-refractivity contribution in [3.8, 4) is 11.5 Å². The molecule has 0 aliphatic carbocycles. The Morgan fingerprint density at radius 3 is 2.65 bits per heavy atom. The van der Waals surface area contributed by atoms with Crippen molar-refractivity contribution in [1.29, 1.82) is 0 Å². The van der Waals surface area contributed by atoms with Gasteiger partial charge in [0.25, 0.3) is 5.56 Å². The van der Waals surface area contributed by atoms with Crippen LogP contribution in [0.4, 0.5) is 11.9 Å². The van der Waals surface area contributed by atoms with Crippen molar-refractivity contribution in [2.24, 2.45) is 5.10 Å². The Balaban J connectivity index is 1.74. The van der Waals surface area contributed by atoms with Gasteiger partial charge in [-0.3, -0.25) is 14.3 Å². The Bertz CT molecular complexity index is 1290. The first-order chi connectivity index (χ1) is 16.3. The normalized spacial score (nSPS) is 22.5. The van der Waals surface area contributed by atoms with Crippen molar-refractivity contribution in [1.82, 2.24) is 19.5 Å². The molecule has 34 heavy (non-hydrogen) atoms. The quantitative estimate of drug-likeness (QED) is 0.167. The minimum atomic E-state index is -1.46. The van der Waals surface area contributed by atoms with Crippen LogP contribution in [0.2, 0.25) is 0 Å². The van der Waals surface area contributed by atoms with Gasteiger partial charge in [0.1, 0.15) is 18.3 Å². The van der Waals surface area contributed by atoms with E-state index < -0.39 is 36.7 Å². The highest BCUT2D eigenvalue weighted by molar-refractivity contribution is 9.10. The van der Waals surface area contributed by atoms with Crippen LogP contribution < -0.4 is 26.2 Å². The molecule has 7 N–H and O–H groups in total. The standard InChI is InChI=1S/C19H22BrN7O7/c1-32-9-3-7(8(20)4-10(9)33-2)5-22-26-19-23-12-15(24-18(21)25-16(12)31)27(19)17-14(30)13(29)11(6-28)34-17/h3-5,11,13-14,17,28-30H,6H2,1-2H3,(H,23,26)(H3,21,24,25,31)/b22-5-/t11-,13+,14-,17+/m0/s1. The number of hydrogen-bond acceptors (Lipinski definition) is 12. The van der Waals surface area contributed by atoms with Gasteiger partial charge >= 0.3 is 0 Å². The van der Waals surface area contributed by atoms with E-state index in [1.54, 1.807) is 12.1 Å². The average molecular weight is 540 g/mol. The van der Waals surface area contributed by atoms with Crippen LogP contribution in [-0.4, -0.2) is 80.2 Å². The SMILES string of the molecule is COc1cc(Br)c(/C=N\Nc2nc3c(=O)[nH]c(N)nc3n2[C@@H]2O[C@@H](CO)[C@@H](O)[C@@H]2O)cc1OC. The molecule has 182 valence electrons. The molecule has 4 rings (SSSR count). The third-order valence-electron chi connectivity index (χ3n) is 5.21. The molecule has 2 aromatic heterocycles. The van der Waals surface area contributed by atoms with E-state index in [0.717, 1.165) is 0 Å². The molecule has 1 saturated heterocycles. The summed E-state index contributed by atoms with van der Waals surface area (Å²) in [6.45, 7) is -0.536. The maximum atomic E-state index is 12.4. The van der Waals surface area contributed by atoms with E-state index in [0.29, 0.717) is 21.5 Å². The number of aliphatic hydroxyl groups excluding tert-OH is 3. The number of aromatic nitrogens is 4. The molecule has 1 aromatic carbocycles. The van der Waals surface area contributed by atoms with Gasteiger partial charge in [0.2, 0.25) is 11.9 Å². The zero-order chi connectivity index (χ0) is 24.6. The second kappa shape index (κ2) is 9.55. The summed E-state index contributed by atoms with van der Waals surface area (Å²) in [7, 11) is 3.02. The lowest BCUT2D eigenvalue weighted by Crippen LogP contribution is -2.33. The second-order valence-corrected chi connectivity index (χ2v) is 8.11. The number of halogens is 1. The van der Waals surface area contributed by atoms with Crippen LogP contribution in [0.15, 0.2) is 26.5 Å². The molecule has 14 nitrogen and oxygen atoms in total. The number of rotatable bonds is 7. The summed E-state index contributed by atoms with van der Waals surface area (Å²) in [4.78, 5) is 23.0. The molecule has 4 atom stereocenters. The van der Waals surface area contributed by atoms with Crippen molar-refractivity contribution in [3.63, 3.8) is 0 Å². The number of hydrogen-bond donors (Lipinski definition) is 6. The van der Waals surface area contributed by atoms with Crippen molar-refractivity contribution in [2.45, 2.75) is 24.5 Å². The molecule has 0 amide bonds. The smallest absolute Gasteiger partial charge is 0.280 e. The van der Waals surface area contributed by atoms with Crippen LogP contribution in [0.25, 0.3) is 11.2 Å². The zero-order valence-electron chi connectivity index (χ0n) is 18.0. The first-order valence-corrected chi connectivity index (χ1v) is 10.7. The highest BCUT2D eigenvalue weighted by Gasteiger charge is 2.45. The minimum Gasteiger partial charge on any atom is -0.493 e. The van der Waals surface area contributed by atoms with Gasteiger partial charge in [0.15, 0.2) is 28.9 Å². The second-order valence-electron chi connectivity index (χ2n) is 7.26. The molecule has 1 aliphatic heterocycles. The van der Waals surface area contributed by atoms with Crippen LogP contribution in [-0.2, 0) is 4.74 Å². The molecule has 0 saturated carbocycles. The Kier molecular flexibility index (Phi) is 6.72. The van der Waals surface area contributed by atoms with Gasteiger partial charge in [-0.15, -0.1) is 0 Å². The van der Waals surface area contributed by atoms with Crippen LogP contribution in [0.3, 0.4) is 0 Å². The largest absolute Gasteiger partial charge is 0.493 e. The lowest BCUT2D eigenvalue weighted by molar-refractivity contribution is -0.0501. The summed E-state index contributed by atoms with van der Waals surface area (Å²) in [6, 6.07) is 3.40. The molecular formula is C19H22BrN7O7. The van der Waals surface area contributed by atoms with Crippen LogP contribution in [0, 0.1) is 0 Å². The molecule has 0 unspecified atom stereocenters. The maximum Gasteiger partial charge on any atom is 0.280 e. The Labute approximate surface area is 200 Å². The summed E-state index contributed by atoms with van der Waals surface area (Å²) in [5, 5.41) is 34.3. The number of imidazole rings is 1. The lowest BCUT2D eigenvalue weighted by atomic mass is 10.1. The van der Waals surface area contributed by atoms with E-state index in [4.69, 9.17) is 19.9 Å². The molecule has 0 radical (unpaired) electrons. The molecule has 0 spiro atoms.